The number of fused-ring (bicyclic) bond motifs is 1. The SMILES string of the molecule is O=C(NCCOc1cccc2c1CCCC2)N1CCCCCC1. The molecule has 1 aromatic rings. The van der Waals surface area contributed by atoms with Crippen molar-refractivity contribution in [2.75, 3.05) is 26.2 Å². The van der Waals surface area contributed by atoms with E-state index < -0.39 is 0 Å². The lowest BCUT2D eigenvalue weighted by atomic mass is 9.91. The summed E-state index contributed by atoms with van der Waals surface area (Å²) in [6.07, 6.45) is 9.55. The summed E-state index contributed by atoms with van der Waals surface area (Å²) in [4.78, 5) is 14.1. The maximum Gasteiger partial charge on any atom is 0.317 e. The van der Waals surface area contributed by atoms with Crippen molar-refractivity contribution < 1.29 is 9.53 Å². The average molecular weight is 316 g/mol. The molecular weight excluding hydrogens is 288 g/mol. The molecule has 0 atom stereocenters. The van der Waals surface area contributed by atoms with E-state index in [9.17, 15) is 4.79 Å². The van der Waals surface area contributed by atoms with Gasteiger partial charge in [0.25, 0.3) is 0 Å². The van der Waals surface area contributed by atoms with Gasteiger partial charge in [-0.1, -0.05) is 25.0 Å². The van der Waals surface area contributed by atoms with Gasteiger partial charge in [0.15, 0.2) is 0 Å². The van der Waals surface area contributed by atoms with Gasteiger partial charge in [-0.3, -0.25) is 0 Å². The molecule has 1 saturated heterocycles. The molecule has 0 saturated carbocycles. The fraction of sp³-hybridized carbons (Fsp3) is 0.632. The molecule has 1 aliphatic heterocycles. The zero-order valence-electron chi connectivity index (χ0n) is 14.0. The highest BCUT2D eigenvalue weighted by Gasteiger charge is 2.16. The first-order valence-corrected chi connectivity index (χ1v) is 9.11. The lowest BCUT2D eigenvalue weighted by molar-refractivity contribution is 0.196. The summed E-state index contributed by atoms with van der Waals surface area (Å²) in [5.74, 6) is 1.01. The molecule has 2 amide bonds. The zero-order chi connectivity index (χ0) is 15.9. The van der Waals surface area contributed by atoms with E-state index in [1.165, 1.54) is 36.8 Å². The van der Waals surface area contributed by atoms with Crippen LogP contribution >= 0.6 is 0 Å². The van der Waals surface area contributed by atoms with Gasteiger partial charge in [-0.05, 0) is 55.7 Å². The number of urea groups is 1. The number of amides is 2. The Kier molecular flexibility index (Phi) is 5.78. The molecule has 3 rings (SSSR count). The Morgan fingerprint density at radius 3 is 2.65 bits per heavy atom. The standard InChI is InChI=1S/C19H28N2O2/c22-19(21-13-5-1-2-6-14-21)20-12-15-23-18-11-7-9-16-8-3-4-10-17(16)18/h7,9,11H,1-6,8,10,12-15H2,(H,20,22). The van der Waals surface area contributed by atoms with Crippen molar-refractivity contribution in [2.24, 2.45) is 0 Å². The average Bonchev–Trinajstić information content (AvgIpc) is 2.88. The minimum Gasteiger partial charge on any atom is -0.491 e. The molecule has 0 aromatic heterocycles. The molecule has 0 radical (unpaired) electrons. The summed E-state index contributed by atoms with van der Waals surface area (Å²) in [5, 5.41) is 2.99. The number of aryl methyl sites for hydroxylation is 1. The fourth-order valence-electron chi connectivity index (χ4n) is 3.59. The Balaban J connectivity index is 1.44. The van der Waals surface area contributed by atoms with E-state index in [1.807, 2.05) is 4.90 Å². The monoisotopic (exact) mass is 316 g/mol. The van der Waals surface area contributed by atoms with Gasteiger partial charge < -0.3 is 15.0 Å². The Morgan fingerprint density at radius 2 is 1.83 bits per heavy atom. The van der Waals surface area contributed by atoms with Crippen LogP contribution in [0.1, 0.15) is 49.7 Å². The van der Waals surface area contributed by atoms with Crippen molar-refractivity contribution >= 4 is 6.03 Å². The van der Waals surface area contributed by atoms with Crippen LogP contribution in [-0.4, -0.2) is 37.2 Å². The normalized spacial score (nSPS) is 18.0. The van der Waals surface area contributed by atoms with Crippen LogP contribution < -0.4 is 10.1 Å². The van der Waals surface area contributed by atoms with Crippen LogP contribution in [0.15, 0.2) is 18.2 Å². The van der Waals surface area contributed by atoms with Gasteiger partial charge in [-0.15, -0.1) is 0 Å². The maximum atomic E-state index is 12.2. The topological polar surface area (TPSA) is 41.6 Å². The number of hydrogen-bond acceptors (Lipinski definition) is 2. The van der Waals surface area contributed by atoms with Crippen molar-refractivity contribution in [1.82, 2.24) is 10.2 Å². The van der Waals surface area contributed by atoms with Gasteiger partial charge in [0.05, 0.1) is 6.54 Å². The summed E-state index contributed by atoms with van der Waals surface area (Å²) in [7, 11) is 0. The Bertz CT molecular complexity index is 522. The lowest BCUT2D eigenvalue weighted by Crippen LogP contribution is -2.41. The number of carbonyl (C=O) groups is 1. The van der Waals surface area contributed by atoms with Gasteiger partial charge in [0.1, 0.15) is 12.4 Å². The minimum atomic E-state index is 0.0607. The molecule has 0 spiro atoms. The molecule has 1 heterocycles. The molecule has 0 bridgehead atoms. The van der Waals surface area contributed by atoms with Gasteiger partial charge in [0, 0.05) is 13.1 Å². The molecule has 4 nitrogen and oxygen atoms in total. The Morgan fingerprint density at radius 1 is 1.04 bits per heavy atom. The number of carbonyl (C=O) groups excluding carboxylic acids is 1. The molecular formula is C19H28N2O2. The molecule has 2 aliphatic rings. The number of nitrogens with one attached hydrogen (secondary N) is 1. The minimum absolute atomic E-state index is 0.0607. The third kappa shape index (κ3) is 4.40. The molecule has 126 valence electrons. The van der Waals surface area contributed by atoms with E-state index in [1.54, 1.807) is 0 Å². The highest BCUT2D eigenvalue weighted by molar-refractivity contribution is 5.74. The van der Waals surface area contributed by atoms with Crippen molar-refractivity contribution in [2.45, 2.75) is 51.4 Å². The van der Waals surface area contributed by atoms with Crippen LogP contribution in [-0.2, 0) is 12.8 Å². The van der Waals surface area contributed by atoms with E-state index in [0.29, 0.717) is 13.2 Å². The predicted molar refractivity (Wildman–Crippen MR) is 92.0 cm³/mol. The largest absolute Gasteiger partial charge is 0.491 e. The fourth-order valence-corrected chi connectivity index (χ4v) is 3.59. The van der Waals surface area contributed by atoms with Crippen LogP contribution in [0.25, 0.3) is 0 Å². The molecule has 0 unspecified atom stereocenters. The van der Waals surface area contributed by atoms with E-state index in [4.69, 9.17) is 4.74 Å². The number of rotatable bonds is 4. The van der Waals surface area contributed by atoms with Crippen LogP contribution in [0.4, 0.5) is 4.79 Å². The summed E-state index contributed by atoms with van der Waals surface area (Å²) < 4.78 is 5.93. The van der Waals surface area contributed by atoms with Crippen molar-refractivity contribution in [3.05, 3.63) is 29.3 Å². The summed E-state index contributed by atoms with van der Waals surface area (Å²) in [6, 6.07) is 6.41. The van der Waals surface area contributed by atoms with Gasteiger partial charge in [-0.2, -0.15) is 0 Å². The van der Waals surface area contributed by atoms with E-state index >= 15 is 0 Å². The highest BCUT2D eigenvalue weighted by Crippen LogP contribution is 2.29. The summed E-state index contributed by atoms with van der Waals surface area (Å²) in [6.45, 7) is 2.88. The quantitative estimate of drug-likeness (QED) is 0.863. The molecule has 4 heteroatoms. The molecule has 1 aromatic carbocycles. The number of likely N-dealkylation sites (tertiary alicyclic amines) is 1. The second-order valence-electron chi connectivity index (χ2n) is 6.58. The maximum absolute atomic E-state index is 12.2. The predicted octanol–water partition coefficient (Wildman–Crippen LogP) is 3.53. The second-order valence-corrected chi connectivity index (χ2v) is 6.58. The van der Waals surface area contributed by atoms with Gasteiger partial charge in [-0.25, -0.2) is 4.79 Å². The van der Waals surface area contributed by atoms with E-state index in [-0.39, 0.29) is 6.03 Å². The second kappa shape index (κ2) is 8.23. The first kappa shape index (κ1) is 16.2. The van der Waals surface area contributed by atoms with Gasteiger partial charge in [0.2, 0.25) is 0 Å². The third-order valence-corrected chi connectivity index (χ3v) is 4.88. The zero-order valence-corrected chi connectivity index (χ0v) is 14.0. The number of nitrogens with zero attached hydrogens (tertiary/aromatic N) is 1. The van der Waals surface area contributed by atoms with Gasteiger partial charge >= 0.3 is 6.03 Å². The summed E-state index contributed by atoms with van der Waals surface area (Å²) >= 11 is 0. The van der Waals surface area contributed by atoms with Crippen LogP contribution in [0.2, 0.25) is 0 Å². The molecule has 1 fully saturated rings. The van der Waals surface area contributed by atoms with Crippen molar-refractivity contribution in [3.8, 4) is 5.75 Å². The Hall–Kier alpha value is -1.71. The number of benzene rings is 1. The highest BCUT2D eigenvalue weighted by atomic mass is 16.5. The third-order valence-electron chi connectivity index (χ3n) is 4.88. The lowest BCUT2D eigenvalue weighted by Gasteiger charge is -2.22. The van der Waals surface area contributed by atoms with E-state index in [2.05, 4.69) is 23.5 Å². The molecule has 1 aliphatic carbocycles. The van der Waals surface area contributed by atoms with E-state index in [0.717, 1.165) is 44.5 Å². The molecule has 23 heavy (non-hydrogen) atoms. The van der Waals surface area contributed by atoms with Crippen molar-refractivity contribution in [3.63, 3.8) is 0 Å². The first-order chi connectivity index (χ1) is 11.3. The van der Waals surface area contributed by atoms with Crippen LogP contribution in [0, 0.1) is 0 Å². The number of ether oxygens (including phenoxy) is 1. The number of hydrogen-bond donors (Lipinski definition) is 1. The van der Waals surface area contributed by atoms with Crippen molar-refractivity contribution in [1.29, 1.82) is 0 Å². The smallest absolute Gasteiger partial charge is 0.317 e. The van der Waals surface area contributed by atoms with Crippen LogP contribution in [0.5, 0.6) is 5.75 Å². The Labute approximate surface area is 139 Å². The molecule has 1 N–H and O–H groups in total. The first-order valence-electron chi connectivity index (χ1n) is 9.11. The summed E-state index contributed by atoms with van der Waals surface area (Å²) in [5.41, 5.74) is 2.81. The van der Waals surface area contributed by atoms with Crippen LogP contribution in [0.3, 0.4) is 0 Å².